The minimum Gasteiger partial charge on any atom is -0.492 e. The number of nitrogens with zero attached hydrogens (tertiary/aromatic N) is 1. The third-order valence-electron chi connectivity index (χ3n) is 4.81. The van der Waals surface area contributed by atoms with Gasteiger partial charge in [0.25, 0.3) is 5.24 Å². The second kappa shape index (κ2) is 9.15. The molecule has 1 atom stereocenters. The molecule has 0 bridgehead atoms. The number of thioether (sulfide) groups is 1. The van der Waals surface area contributed by atoms with E-state index in [2.05, 4.69) is 55.4 Å². The molecule has 148 valence electrons. The molecule has 2 amide bonds. The summed E-state index contributed by atoms with van der Waals surface area (Å²) in [6.45, 7) is 5.75. The van der Waals surface area contributed by atoms with Crippen molar-refractivity contribution < 1.29 is 14.3 Å². The summed E-state index contributed by atoms with van der Waals surface area (Å²) in [5.74, 6) is 1.12. The van der Waals surface area contributed by atoms with Crippen molar-refractivity contribution in [3.8, 4) is 5.75 Å². The van der Waals surface area contributed by atoms with E-state index in [1.165, 1.54) is 11.3 Å². The number of hydrogen-bond donors (Lipinski definition) is 1. The number of ether oxygens (including phenoxy) is 1. The maximum Gasteiger partial charge on any atom is 0.286 e. The lowest BCUT2D eigenvalue weighted by Gasteiger charge is -2.20. The van der Waals surface area contributed by atoms with Crippen LogP contribution < -0.4 is 15.0 Å². The summed E-state index contributed by atoms with van der Waals surface area (Å²) >= 11 is 1.05. The number of carbonyl (C=O) groups is 2. The number of amides is 2. The molecule has 0 radical (unpaired) electrons. The molecular weight excluding hydrogens is 372 g/mol. The number of likely N-dealkylation sites (N-methyl/N-ethyl adjacent to an activating group) is 1. The fourth-order valence-corrected chi connectivity index (χ4v) is 3.87. The minimum atomic E-state index is -0.338. The van der Waals surface area contributed by atoms with Gasteiger partial charge in [0.2, 0.25) is 5.91 Å². The summed E-state index contributed by atoms with van der Waals surface area (Å²) in [5, 5.41) is 1.71. The van der Waals surface area contributed by atoms with E-state index in [1.807, 2.05) is 24.3 Å². The van der Waals surface area contributed by atoms with Crippen LogP contribution in [0.25, 0.3) is 0 Å². The Morgan fingerprint density at radius 2 is 1.75 bits per heavy atom. The average molecular weight is 399 g/mol. The van der Waals surface area contributed by atoms with Crippen molar-refractivity contribution in [2.75, 3.05) is 25.1 Å². The van der Waals surface area contributed by atoms with Crippen LogP contribution in [0.5, 0.6) is 5.75 Å². The molecule has 3 rings (SSSR count). The van der Waals surface area contributed by atoms with Crippen LogP contribution in [-0.2, 0) is 11.2 Å². The third-order valence-corrected chi connectivity index (χ3v) is 5.79. The number of anilines is 1. The Hall–Kier alpha value is -2.47. The van der Waals surface area contributed by atoms with Crippen LogP contribution in [0.3, 0.4) is 0 Å². The highest BCUT2D eigenvalue weighted by molar-refractivity contribution is 8.15. The van der Waals surface area contributed by atoms with Crippen LogP contribution in [-0.4, -0.2) is 36.6 Å². The summed E-state index contributed by atoms with van der Waals surface area (Å²) in [4.78, 5) is 25.1. The van der Waals surface area contributed by atoms with Crippen molar-refractivity contribution in [1.29, 1.82) is 0 Å². The van der Waals surface area contributed by atoms with Crippen LogP contribution >= 0.6 is 11.8 Å². The van der Waals surface area contributed by atoms with E-state index < -0.39 is 0 Å². The van der Waals surface area contributed by atoms with E-state index >= 15 is 0 Å². The lowest BCUT2D eigenvalue weighted by molar-refractivity contribution is -0.118. The number of benzene rings is 2. The molecule has 1 aliphatic heterocycles. The lowest BCUT2D eigenvalue weighted by atomic mass is 10.0. The lowest BCUT2D eigenvalue weighted by Crippen LogP contribution is -2.25. The molecule has 1 heterocycles. The predicted octanol–water partition coefficient (Wildman–Crippen LogP) is 4.22. The van der Waals surface area contributed by atoms with Gasteiger partial charge in [0, 0.05) is 12.7 Å². The molecule has 1 unspecified atom stereocenters. The minimum absolute atomic E-state index is 0.209. The van der Waals surface area contributed by atoms with E-state index in [0.29, 0.717) is 18.9 Å². The molecule has 6 heteroatoms. The van der Waals surface area contributed by atoms with E-state index in [1.54, 1.807) is 0 Å². The molecule has 0 aliphatic carbocycles. The molecular formula is C22H26N2O3S. The Bertz CT molecular complexity index is 819. The van der Waals surface area contributed by atoms with Crippen LogP contribution in [0.2, 0.25) is 0 Å². The zero-order valence-corrected chi connectivity index (χ0v) is 17.3. The molecule has 1 aliphatic rings. The zero-order chi connectivity index (χ0) is 20.1. The van der Waals surface area contributed by atoms with Gasteiger partial charge in [-0.2, -0.15) is 0 Å². The Labute approximate surface area is 170 Å². The van der Waals surface area contributed by atoms with Crippen molar-refractivity contribution in [2.45, 2.75) is 31.4 Å². The molecule has 2 aromatic carbocycles. The number of carbonyl (C=O) groups excluding carboxylic acids is 2. The van der Waals surface area contributed by atoms with E-state index in [4.69, 9.17) is 4.74 Å². The van der Waals surface area contributed by atoms with Gasteiger partial charge < -0.3 is 9.64 Å². The van der Waals surface area contributed by atoms with Crippen molar-refractivity contribution in [3.63, 3.8) is 0 Å². The van der Waals surface area contributed by atoms with Crippen LogP contribution in [0.4, 0.5) is 10.5 Å². The van der Waals surface area contributed by atoms with Gasteiger partial charge in [-0.15, -0.1) is 0 Å². The van der Waals surface area contributed by atoms with Gasteiger partial charge in [-0.1, -0.05) is 49.9 Å². The Balaban J connectivity index is 1.45. The van der Waals surface area contributed by atoms with Gasteiger partial charge in [0.1, 0.15) is 12.4 Å². The summed E-state index contributed by atoms with van der Waals surface area (Å²) in [5.41, 5.74) is 3.52. The first-order valence-electron chi connectivity index (χ1n) is 9.46. The summed E-state index contributed by atoms with van der Waals surface area (Å²) in [6, 6.07) is 16.3. The molecule has 1 fully saturated rings. The quantitative estimate of drug-likeness (QED) is 0.721. The van der Waals surface area contributed by atoms with Crippen LogP contribution in [0.1, 0.15) is 30.9 Å². The topological polar surface area (TPSA) is 58.6 Å². The van der Waals surface area contributed by atoms with Crippen molar-refractivity contribution in [2.24, 2.45) is 0 Å². The van der Waals surface area contributed by atoms with Gasteiger partial charge in [0.05, 0.1) is 11.8 Å². The molecule has 1 saturated heterocycles. The number of nitrogens with one attached hydrogen (secondary N) is 1. The first kappa shape index (κ1) is 20.3. The largest absolute Gasteiger partial charge is 0.492 e. The molecule has 2 aromatic rings. The van der Waals surface area contributed by atoms with Crippen molar-refractivity contribution in [1.82, 2.24) is 5.32 Å². The van der Waals surface area contributed by atoms with Gasteiger partial charge >= 0.3 is 0 Å². The molecule has 28 heavy (non-hydrogen) atoms. The van der Waals surface area contributed by atoms with E-state index in [-0.39, 0.29) is 16.4 Å². The zero-order valence-electron chi connectivity index (χ0n) is 16.5. The highest BCUT2D eigenvalue weighted by atomic mass is 32.2. The standard InChI is InChI=1S/C22H26N2O3S/c1-15(2)17-6-8-18(9-7-17)24(3)12-13-27-19-10-4-16(5-11-19)14-20-21(25)23-22(26)28-20/h4-11,15,20H,12-14H2,1-3H3,(H,23,25,26). The van der Waals surface area contributed by atoms with Crippen LogP contribution in [0.15, 0.2) is 48.5 Å². The average Bonchev–Trinajstić information content (AvgIpc) is 3.00. The molecule has 0 aromatic heterocycles. The number of hydrogen-bond acceptors (Lipinski definition) is 5. The highest BCUT2D eigenvalue weighted by Gasteiger charge is 2.31. The summed E-state index contributed by atoms with van der Waals surface area (Å²) in [6.07, 6.45) is 0.539. The maximum absolute atomic E-state index is 11.6. The summed E-state index contributed by atoms with van der Waals surface area (Å²) < 4.78 is 5.84. The van der Waals surface area contributed by atoms with Gasteiger partial charge in [-0.05, 0) is 47.7 Å². The Morgan fingerprint density at radius 3 is 2.32 bits per heavy atom. The van der Waals surface area contributed by atoms with Gasteiger partial charge in [-0.25, -0.2) is 0 Å². The SMILES string of the molecule is CC(C)c1ccc(N(C)CCOc2ccc(CC3SC(=O)NC3=O)cc2)cc1. The molecule has 1 N–H and O–H groups in total. The first-order valence-corrected chi connectivity index (χ1v) is 10.3. The summed E-state index contributed by atoms with van der Waals surface area (Å²) in [7, 11) is 2.06. The number of imide groups is 1. The van der Waals surface area contributed by atoms with E-state index in [0.717, 1.165) is 29.6 Å². The van der Waals surface area contributed by atoms with Crippen LogP contribution in [0, 0.1) is 0 Å². The Kier molecular flexibility index (Phi) is 6.62. The fourth-order valence-electron chi connectivity index (χ4n) is 3.01. The number of rotatable bonds is 8. The Morgan fingerprint density at radius 1 is 1.07 bits per heavy atom. The van der Waals surface area contributed by atoms with Crippen molar-refractivity contribution >= 4 is 28.6 Å². The predicted molar refractivity (Wildman–Crippen MR) is 114 cm³/mol. The first-order chi connectivity index (χ1) is 13.4. The highest BCUT2D eigenvalue weighted by Crippen LogP contribution is 2.24. The normalized spacial score (nSPS) is 16.4. The molecule has 0 spiro atoms. The molecule has 0 saturated carbocycles. The van der Waals surface area contributed by atoms with Crippen molar-refractivity contribution in [3.05, 3.63) is 59.7 Å². The van der Waals surface area contributed by atoms with Gasteiger partial charge in [0.15, 0.2) is 0 Å². The van der Waals surface area contributed by atoms with E-state index in [9.17, 15) is 9.59 Å². The smallest absolute Gasteiger partial charge is 0.286 e. The second-order valence-electron chi connectivity index (χ2n) is 7.25. The van der Waals surface area contributed by atoms with Gasteiger partial charge in [-0.3, -0.25) is 14.9 Å². The fraction of sp³-hybridized carbons (Fsp3) is 0.364. The maximum atomic E-state index is 11.6. The monoisotopic (exact) mass is 398 g/mol. The second-order valence-corrected chi connectivity index (χ2v) is 8.42. The third kappa shape index (κ3) is 5.29. The molecule has 5 nitrogen and oxygen atoms in total.